The van der Waals surface area contributed by atoms with Crippen molar-refractivity contribution < 1.29 is 14.7 Å². The molecule has 1 aromatic carbocycles. The highest BCUT2D eigenvalue weighted by molar-refractivity contribution is 6.32. The number of amides is 2. The Morgan fingerprint density at radius 3 is 2.71 bits per heavy atom. The first-order chi connectivity index (χ1) is 9.99. The topological polar surface area (TPSA) is 102 Å². The predicted molar refractivity (Wildman–Crippen MR) is 77.1 cm³/mol. The van der Waals surface area contributed by atoms with E-state index in [1.54, 1.807) is 6.07 Å². The molecule has 0 spiro atoms. The summed E-state index contributed by atoms with van der Waals surface area (Å²) in [7, 11) is 0. The molecule has 1 aromatic rings. The largest absolute Gasteiger partial charge is 0.481 e. The highest BCUT2D eigenvalue weighted by Gasteiger charge is 2.33. The molecule has 110 valence electrons. The van der Waals surface area contributed by atoms with Crippen molar-refractivity contribution in [1.29, 1.82) is 5.26 Å². The molecule has 3 N–H and O–H groups in total. The smallest absolute Gasteiger partial charge is 0.319 e. The molecule has 0 radical (unpaired) electrons. The number of anilines is 1. The SMILES string of the molecule is N#Cc1ccc(NC(=O)NC(CC(=O)O)C2CC2)cc1Cl. The summed E-state index contributed by atoms with van der Waals surface area (Å²) < 4.78 is 0. The third-order valence-electron chi connectivity index (χ3n) is 3.25. The van der Waals surface area contributed by atoms with E-state index in [2.05, 4.69) is 10.6 Å². The molecule has 1 unspecified atom stereocenters. The number of halogens is 1. The fraction of sp³-hybridized carbons (Fsp3) is 0.357. The summed E-state index contributed by atoms with van der Waals surface area (Å²) in [5.74, 6) is -0.704. The van der Waals surface area contributed by atoms with E-state index in [1.165, 1.54) is 12.1 Å². The van der Waals surface area contributed by atoms with Crippen molar-refractivity contribution in [3.05, 3.63) is 28.8 Å². The third kappa shape index (κ3) is 4.36. The molecule has 2 amide bonds. The standard InChI is InChI=1S/C14H14ClN3O3/c15-11-5-10(4-3-9(11)7-16)17-14(21)18-12(6-13(19)20)8-1-2-8/h3-5,8,12H,1-2,6H2,(H,19,20)(H2,17,18,21). The van der Waals surface area contributed by atoms with Crippen molar-refractivity contribution in [3.63, 3.8) is 0 Å². The Kier molecular flexibility index (Phi) is 4.66. The molecule has 0 aliphatic heterocycles. The molecule has 0 heterocycles. The second-order valence-electron chi connectivity index (χ2n) is 4.95. The van der Waals surface area contributed by atoms with Crippen LogP contribution in [0.4, 0.5) is 10.5 Å². The molecule has 0 aromatic heterocycles. The zero-order valence-corrected chi connectivity index (χ0v) is 11.9. The van der Waals surface area contributed by atoms with Crippen LogP contribution < -0.4 is 10.6 Å². The van der Waals surface area contributed by atoms with Gasteiger partial charge in [-0.25, -0.2) is 4.79 Å². The summed E-state index contributed by atoms with van der Waals surface area (Å²) in [5.41, 5.74) is 0.769. The van der Waals surface area contributed by atoms with Crippen LogP contribution in [0.25, 0.3) is 0 Å². The third-order valence-corrected chi connectivity index (χ3v) is 3.56. The van der Waals surface area contributed by atoms with Crippen LogP contribution in [0.2, 0.25) is 5.02 Å². The normalized spacial score (nSPS) is 14.9. The monoisotopic (exact) mass is 307 g/mol. The lowest BCUT2D eigenvalue weighted by Crippen LogP contribution is -2.40. The van der Waals surface area contributed by atoms with E-state index in [0.717, 1.165) is 12.8 Å². The van der Waals surface area contributed by atoms with Crippen molar-refractivity contribution in [1.82, 2.24) is 5.32 Å². The lowest BCUT2D eigenvalue weighted by atomic mass is 10.1. The van der Waals surface area contributed by atoms with Crippen LogP contribution in [-0.2, 0) is 4.79 Å². The maximum atomic E-state index is 11.9. The highest BCUT2D eigenvalue weighted by atomic mass is 35.5. The molecule has 1 aliphatic carbocycles. The van der Waals surface area contributed by atoms with Gasteiger partial charge in [0, 0.05) is 11.7 Å². The molecule has 1 fully saturated rings. The summed E-state index contributed by atoms with van der Waals surface area (Å²) in [6.45, 7) is 0. The van der Waals surface area contributed by atoms with Crippen molar-refractivity contribution in [2.24, 2.45) is 5.92 Å². The molecule has 1 saturated carbocycles. The van der Waals surface area contributed by atoms with E-state index in [9.17, 15) is 9.59 Å². The average molecular weight is 308 g/mol. The number of hydrogen-bond acceptors (Lipinski definition) is 3. The lowest BCUT2D eigenvalue weighted by Gasteiger charge is -2.16. The first-order valence-electron chi connectivity index (χ1n) is 6.48. The number of hydrogen-bond donors (Lipinski definition) is 3. The first-order valence-corrected chi connectivity index (χ1v) is 6.86. The summed E-state index contributed by atoms with van der Waals surface area (Å²) in [5, 5.41) is 23.1. The quantitative estimate of drug-likeness (QED) is 0.778. The first kappa shape index (κ1) is 15.1. The van der Waals surface area contributed by atoms with Crippen molar-refractivity contribution in [3.8, 4) is 6.07 Å². The molecule has 1 atom stereocenters. The van der Waals surface area contributed by atoms with Gasteiger partial charge in [0.05, 0.1) is 17.0 Å². The number of benzene rings is 1. The van der Waals surface area contributed by atoms with E-state index < -0.39 is 12.0 Å². The highest BCUT2D eigenvalue weighted by Crippen LogP contribution is 2.34. The zero-order chi connectivity index (χ0) is 15.4. The number of nitriles is 1. The maximum Gasteiger partial charge on any atom is 0.319 e. The van der Waals surface area contributed by atoms with Gasteiger partial charge in [-0.05, 0) is 37.0 Å². The minimum atomic E-state index is -0.936. The van der Waals surface area contributed by atoms with Crippen molar-refractivity contribution in [2.75, 3.05) is 5.32 Å². The van der Waals surface area contributed by atoms with Gasteiger partial charge in [-0.2, -0.15) is 5.26 Å². The van der Waals surface area contributed by atoms with Gasteiger partial charge in [-0.15, -0.1) is 0 Å². The van der Waals surface area contributed by atoms with Gasteiger partial charge in [0.15, 0.2) is 0 Å². The van der Waals surface area contributed by atoms with E-state index in [0.29, 0.717) is 11.3 Å². The Morgan fingerprint density at radius 2 is 2.19 bits per heavy atom. The molecule has 0 saturated heterocycles. The minimum absolute atomic E-state index is 0.0911. The summed E-state index contributed by atoms with van der Waals surface area (Å²) in [6, 6.07) is 5.63. The van der Waals surface area contributed by atoms with Gasteiger partial charge in [0.2, 0.25) is 0 Å². The molecular formula is C14H14ClN3O3. The Hall–Kier alpha value is -2.26. The van der Waals surface area contributed by atoms with Crippen LogP contribution in [0.15, 0.2) is 18.2 Å². The van der Waals surface area contributed by atoms with Crippen LogP contribution in [-0.4, -0.2) is 23.1 Å². The van der Waals surface area contributed by atoms with Gasteiger partial charge in [0.25, 0.3) is 0 Å². The maximum absolute atomic E-state index is 11.9. The number of aliphatic carboxylic acids is 1. The number of nitrogens with one attached hydrogen (secondary N) is 2. The number of nitrogens with zero attached hydrogens (tertiary/aromatic N) is 1. The summed E-state index contributed by atoms with van der Waals surface area (Å²) >= 11 is 5.88. The summed E-state index contributed by atoms with van der Waals surface area (Å²) in [4.78, 5) is 22.7. The predicted octanol–water partition coefficient (Wildman–Crippen LogP) is 2.59. The van der Waals surface area contributed by atoms with Gasteiger partial charge >= 0.3 is 12.0 Å². The number of carboxylic acid groups (broad SMARTS) is 1. The number of rotatable bonds is 5. The Bertz CT molecular complexity index is 608. The van der Waals surface area contributed by atoms with Crippen LogP contribution in [0.5, 0.6) is 0 Å². The van der Waals surface area contributed by atoms with Gasteiger partial charge in [-0.3, -0.25) is 4.79 Å². The van der Waals surface area contributed by atoms with E-state index >= 15 is 0 Å². The number of urea groups is 1. The molecule has 6 nitrogen and oxygen atoms in total. The fourth-order valence-corrected chi connectivity index (χ4v) is 2.26. The Labute approximate surface area is 126 Å². The van der Waals surface area contributed by atoms with Crippen molar-refractivity contribution >= 4 is 29.3 Å². The van der Waals surface area contributed by atoms with Crippen LogP contribution in [0, 0.1) is 17.2 Å². The second kappa shape index (κ2) is 6.46. The van der Waals surface area contributed by atoms with Gasteiger partial charge in [0.1, 0.15) is 6.07 Å². The van der Waals surface area contributed by atoms with E-state index in [1.807, 2.05) is 6.07 Å². The molecule has 2 rings (SSSR count). The Morgan fingerprint density at radius 1 is 1.48 bits per heavy atom. The number of carboxylic acids is 1. The van der Waals surface area contributed by atoms with Crippen LogP contribution in [0.1, 0.15) is 24.8 Å². The Balaban J connectivity index is 1.96. The van der Waals surface area contributed by atoms with Gasteiger partial charge in [-0.1, -0.05) is 11.6 Å². The van der Waals surface area contributed by atoms with Crippen molar-refractivity contribution in [2.45, 2.75) is 25.3 Å². The van der Waals surface area contributed by atoms with Crippen LogP contribution in [0.3, 0.4) is 0 Å². The molecular weight excluding hydrogens is 294 g/mol. The number of carbonyl (C=O) groups is 2. The number of carbonyl (C=O) groups excluding carboxylic acids is 1. The average Bonchev–Trinajstić information content (AvgIpc) is 3.21. The second-order valence-corrected chi connectivity index (χ2v) is 5.35. The molecule has 1 aliphatic rings. The summed E-state index contributed by atoms with van der Waals surface area (Å²) in [6.07, 6.45) is 1.77. The minimum Gasteiger partial charge on any atom is -0.481 e. The van der Waals surface area contributed by atoms with E-state index in [-0.39, 0.29) is 23.4 Å². The van der Waals surface area contributed by atoms with Gasteiger partial charge < -0.3 is 15.7 Å². The molecule has 7 heteroatoms. The van der Waals surface area contributed by atoms with Crippen LogP contribution >= 0.6 is 11.6 Å². The molecule has 0 bridgehead atoms. The van der Waals surface area contributed by atoms with E-state index in [4.69, 9.17) is 22.0 Å². The fourth-order valence-electron chi connectivity index (χ4n) is 2.04. The molecule has 21 heavy (non-hydrogen) atoms. The zero-order valence-electron chi connectivity index (χ0n) is 11.1. The lowest BCUT2D eigenvalue weighted by molar-refractivity contribution is -0.137.